The largest absolute Gasteiger partial charge is 0.451 e. The second kappa shape index (κ2) is 6.37. The first-order chi connectivity index (χ1) is 14.7. The SMILES string of the molecule is O=C1c2ccccc2C(=O)c2c1oc1c3c(ccc21)OC[NH+](Cc1ccc[nH+]c1)C3. The second-order valence-corrected chi connectivity index (χ2v) is 7.73. The quantitative estimate of drug-likeness (QED) is 0.493. The Labute approximate surface area is 171 Å². The van der Waals surface area contributed by atoms with Gasteiger partial charge < -0.3 is 9.15 Å². The van der Waals surface area contributed by atoms with Gasteiger partial charge in [0, 0.05) is 22.6 Å². The van der Waals surface area contributed by atoms with E-state index in [0.717, 1.165) is 17.9 Å². The normalized spacial score (nSPS) is 17.3. The zero-order valence-electron chi connectivity index (χ0n) is 16.0. The Kier molecular flexibility index (Phi) is 3.63. The minimum Gasteiger partial charge on any atom is -0.451 e. The van der Waals surface area contributed by atoms with Crippen molar-refractivity contribution in [1.29, 1.82) is 0 Å². The smallest absolute Gasteiger partial charge is 0.229 e. The van der Waals surface area contributed by atoms with Crippen LogP contribution in [0.5, 0.6) is 5.75 Å². The second-order valence-electron chi connectivity index (χ2n) is 7.73. The van der Waals surface area contributed by atoms with E-state index in [4.69, 9.17) is 9.15 Å². The maximum absolute atomic E-state index is 13.2. The monoisotopic (exact) mass is 398 g/mol. The Morgan fingerprint density at radius 1 is 0.967 bits per heavy atom. The van der Waals surface area contributed by atoms with Gasteiger partial charge in [0.1, 0.15) is 24.4 Å². The number of fused-ring (bicyclic) bond motifs is 6. The Balaban J connectivity index is 1.45. The molecular weight excluding hydrogens is 380 g/mol. The summed E-state index contributed by atoms with van der Waals surface area (Å²) in [7, 11) is 0. The number of H-pyrrole nitrogens is 1. The van der Waals surface area contributed by atoms with Crippen molar-refractivity contribution in [2.75, 3.05) is 6.73 Å². The minimum absolute atomic E-state index is 0.131. The molecule has 6 nitrogen and oxygen atoms in total. The van der Waals surface area contributed by atoms with E-state index in [-0.39, 0.29) is 17.3 Å². The Morgan fingerprint density at radius 2 is 1.80 bits per heavy atom. The summed E-state index contributed by atoms with van der Waals surface area (Å²) in [6.07, 6.45) is 3.85. The van der Waals surface area contributed by atoms with E-state index in [1.54, 1.807) is 24.3 Å². The molecule has 0 saturated carbocycles. The van der Waals surface area contributed by atoms with Crippen molar-refractivity contribution >= 4 is 22.5 Å². The highest BCUT2D eigenvalue weighted by Gasteiger charge is 2.37. The van der Waals surface area contributed by atoms with Gasteiger partial charge in [0.05, 0.1) is 16.7 Å². The molecule has 2 aromatic carbocycles. The molecule has 1 aliphatic heterocycles. The first-order valence-corrected chi connectivity index (χ1v) is 9.89. The van der Waals surface area contributed by atoms with Crippen molar-refractivity contribution in [2.24, 2.45) is 0 Å². The molecule has 0 radical (unpaired) electrons. The van der Waals surface area contributed by atoms with Gasteiger partial charge in [0.15, 0.2) is 23.9 Å². The lowest BCUT2D eigenvalue weighted by Gasteiger charge is -2.25. The van der Waals surface area contributed by atoms with E-state index in [9.17, 15) is 9.59 Å². The van der Waals surface area contributed by atoms with Crippen LogP contribution in [-0.4, -0.2) is 18.3 Å². The van der Waals surface area contributed by atoms with Gasteiger partial charge in [0.2, 0.25) is 12.5 Å². The topological polar surface area (TPSA) is 75.1 Å². The minimum atomic E-state index is -0.245. The van der Waals surface area contributed by atoms with Crippen LogP contribution in [0, 0.1) is 0 Å². The van der Waals surface area contributed by atoms with Crippen molar-refractivity contribution in [1.82, 2.24) is 0 Å². The van der Waals surface area contributed by atoms with E-state index in [2.05, 4.69) is 11.1 Å². The predicted octanol–water partition coefficient (Wildman–Crippen LogP) is 1.96. The summed E-state index contributed by atoms with van der Waals surface area (Å²) in [5.74, 6) is 0.465. The fourth-order valence-corrected chi connectivity index (χ4v) is 4.45. The molecule has 2 aromatic heterocycles. The number of aromatic amines is 1. The average Bonchev–Trinajstić information content (AvgIpc) is 3.19. The van der Waals surface area contributed by atoms with Crippen LogP contribution in [0.3, 0.4) is 0 Å². The van der Waals surface area contributed by atoms with Gasteiger partial charge in [-0.05, 0) is 18.2 Å². The molecule has 146 valence electrons. The summed E-state index contributed by atoms with van der Waals surface area (Å²) in [6.45, 7) is 2.01. The number of benzene rings is 2. The summed E-state index contributed by atoms with van der Waals surface area (Å²) in [5, 5.41) is 0.675. The average molecular weight is 398 g/mol. The number of nitrogens with one attached hydrogen (secondary N) is 2. The maximum atomic E-state index is 13.2. The zero-order valence-corrected chi connectivity index (χ0v) is 16.0. The van der Waals surface area contributed by atoms with Crippen LogP contribution >= 0.6 is 0 Å². The summed E-state index contributed by atoms with van der Waals surface area (Å²) >= 11 is 0. The van der Waals surface area contributed by atoms with Gasteiger partial charge >= 0.3 is 0 Å². The number of pyridine rings is 1. The third kappa shape index (κ3) is 2.44. The molecule has 3 heterocycles. The van der Waals surface area contributed by atoms with Gasteiger partial charge in [-0.2, -0.15) is 0 Å². The molecule has 6 rings (SSSR count). The molecule has 1 unspecified atom stereocenters. The zero-order chi connectivity index (χ0) is 20.2. The number of ketones is 2. The van der Waals surface area contributed by atoms with Crippen LogP contribution < -0.4 is 14.6 Å². The van der Waals surface area contributed by atoms with Gasteiger partial charge in [-0.25, -0.2) is 4.98 Å². The van der Waals surface area contributed by atoms with E-state index < -0.39 is 0 Å². The first-order valence-electron chi connectivity index (χ1n) is 9.89. The number of carbonyl (C=O) groups is 2. The van der Waals surface area contributed by atoms with Crippen LogP contribution in [0.25, 0.3) is 11.0 Å². The lowest BCUT2D eigenvalue weighted by atomic mass is 9.87. The number of rotatable bonds is 2. The number of furan rings is 1. The molecule has 0 saturated heterocycles. The fourth-order valence-electron chi connectivity index (χ4n) is 4.45. The molecular formula is C24H18N2O4+2. The number of hydrogen-bond donors (Lipinski definition) is 1. The molecule has 0 amide bonds. The number of carbonyl (C=O) groups excluding carboxylic acids is 2. The standard InChI is InChI=1S/C24H16N2O4/c27-21-15-5-1-2-6-16(15)22(28)24-20(21)17-7-8-19-18(23(17)30-24)12-26(13-29-19)11-14-4-3-9-25-10-14/h1-10H,11-13H2/p+2. The maximum Gasteiger partial charge on any atom is 0.229 e. The van der Waals surface area contributed by atoms with Crippen LogP contribution in [-0.2, 0) is 13.1 Å². The lowest BCUT2D eigenvalue weighted by Crippen LogP contribution is -3.10. The fraction of sp³-hybridized carbons (Fsp3) is 0.125. The molecule has 1 aliphatic carbocycles. The predicted molar refractivity (Wildman–Crippen MR) is 106 cm³/mol. The highest BCUT2D eigenvalue weighted by molar-refractivity contribution is 6.31. The van der Waals surface area contributed by atoms with Crippen molar-refractivity contribution in [3.05, 3.63) is 94.5 Å². The van der Waals surface area contributed by atoms with Crippen molar-refractivity contribution < 1.29 is 28.6 Å². The molecule has 30 heavy (non-hydrogen) atoms. The Hall–Kier alpha value is -3.77. The summed E-state index contributed by atoms with van der Waals surface area (Å²) in [6, 6.07) is 14.6. The Morgan fingerprint density at radius 3 is 2.60 bits per heavy atom. The van der Waals surface area contributed by atoms with Crippen molar-refractivity contribution in [3.8, 4) is 5.75 Å². The van der Waals surface area contributed by atoms with E-state index in [1.165, 1.54) is 10.5 Å². The molecule has 2 aliphatic rings. The highest BCUT2D eigenvalue weighted by atomic mass is 16.5. The van der Waals surface area contributed by atoms with Crippen molar-refractivity contribution in [2.45, 2.75) is 13.1 Å². The number of hydrogen-bond acceptors (Lipinski definition) is 4. The summed E-state index contributed by atoms with van der Waals surface area (Å²) in [4.78, 5) is 30.5. The molecule has 0 fully saturated rings. The van der Waals surface area contributed by atoms with Crippen LogP contribution in [0.2, 0.25) is 0 Å². The highest BCUT2D eigenvalue weighted by Crippen LogP contribution is 2.39. The molecule has 6 heteroatoms. The molecule has 0 bridgehead atoms. The number of quaternary nitrogens is 1. The first kappa shape index (κ1) is 17.1. The molecule has 1 atom stereocenters. The van der Waals surface area contributed by atoms with Gasteiger partial charge in [-0.3, -0.25) is 14.5 Å². The molecule has 2 N–H and O–H groups in total. The third-order valence-electron chi connectivity index (χ3n) is 5.85. The van der Waals surface area contributed by atoms with Crippen LogP contribution in [0.1, 0.15) is 43.2 Å². The number of ether oxygens (including phenoxy) is 1. The lowest BCUT2D eigenvalue weighted by molar-refractivity contribution is -0.945. The van der Waals surface area contributed by atoms with Crippen LogP contribution in [0.4, 0.5) is 0 Å². The van der Waals surface area contributed by atoms with Gasteiger partial charge in [-0.1, -0.05) is 24.3 Å². The molecule has 4 aromatic rings. The van der Waals surface area contributed by atoms with Gasteiger partial charge in [-0.15, -0.1) is 0 Å². The van der Waals surface area contributed by atoms with Crippen molar-refractivity contribution in [3.63, 3.8) is 0 Å². The number of aromatic nitrogens is 1. The third-order valence-corrected chi connectivity index (χ3v) is 5.85. The van der Waals surface area contributed by atoms with E-state index in [1.807, 2.05) is 30.6 Å². The van der Waals surface area contributed by atoms with E-state index in [0.29, 0.717) is 40.9 Å². The van der Waals surface area contributed by atoms with E-state index >= 15 is 0 Å². The summed E-state index contributed by atoms with van der Waals surface area (Å²) < 4.78 is 12.0. The van der Waals surface area contributed by atoms with Crippen LogP contribution in [0.15, 0.2) is 65.3 Å². The Bertz CT molecular complexity index is 1340. The molecule has 0 spiro atoms. The summed E-state index contributed by atoms with van der Waals surface area (Å²) in [5.41, 5.74) is 3.83. The van der Waals surface area contributed by atoms with Gasteiger partial charge in [0.25, 0.3) is 0 Å².